The molecule has 0 N–H and O–H groups in total. The average molecular weight is 524 g/mol. The highest BCUT2D eigenvalue weighted by Gasteiger charge is 2.19. The summed E-state index contributed by atoms with van der Waals surface area (Å²) in [6.07, 6.45) is 0. The van der Waals surface area contributed by atoms with Gasteiger partial charge in [0.25, 0.3) is 0 Å². The number of hydrogen-bond donors (Lipinski definition) is 0. The van der Waals surface area contributed by atoms with Crippen LogP contribution in [0.1, 0.15) is 0 Å². The summed E-state index contributed by atoms with van der Waals surface area (Å²) >= 11 is 0. The molecule has 194 valence electrons. The SMILES string of the molecule is c1ccc(-c2ccccc2-c2ccccc2N(c2ccccc2)c2cccc(-c3cccc4ccccc34)c2)cc1. The summed E-state index contributed by atoms with van der Waals surface area (Å²) in [7, 11) is 0. The van der Waals surface area contributed by atoms with Gasteiger partial charge >= 0.3 is 0 Å². The predicted molar refractivity (Wildman–Crippen MR) is 175 cm³/mol. The lowest BCUT2D eigenvalue weighted by Gasteiger charge is -2.29. The van der Waals surface area contributed by atoms with E-state index in [-0.39, 0.29) is 0 Å². The van der Waals surface area contributed by atoms with E-state index in [0.29, 0.717) is 0 Å². The molecule has 7 rings (SSSR count). The van der Waals surface area contributed by atoms with Crippen LogP contribution in [-0.4, -0.2) is 0 Å². The summed E-state index contributed by atoms with van der Waals surface area (Å²) in [5.74, 6) is 0. The highest BCUT2D eigenvalue weighted by Crippen LogP contribution is 2.44. The fourth-order valence-corrected chi connectivity index (χ4v) is 5.78. The average Bonchev–Trinajstić information content (AvgIpc) is 3.06. The van der Waals surface area contributed by atoms with Crippen LogP contribution < -0.4 is 4.90 Å². The van der Waals surface area contributed by atoms with Gasteiger partial charge in [-0.15, -0.1) is 0 Å². The molecule has 0 saturated heterocycles. The zero-order valence-electron chi connectivity index (χ0n) is 22.7. The Morgan fingerprint density at radius 3 is 1.68 bits per heavy atom. The molecule has 7 aromatic carbocycles. The first-order valence-electron chi connectivity index (χ1n) is 14.0. The normalized spacial score (nSPS) is 10.9. The lowest BCUT2D eigenvalue weighted by Crippen LogP contribution is -2.11. The van der Waals surface area contributed by atoms with Crippen molar-refractivity contribution in [3.63, 3.8) is 0 Å². The maximum Gasteiger partial charge on any atom is 0.0540 e. The van der Waals surface area contributed by atoms with Crippen LogP contribution in [-0.2, 0) is 0 Å². The minimum atomic E-state index is 1.12. The first-order chi connectivity index (χ1) is 20.4. The molecule has 0 bridgehead atoms. The molecule has 41 heavy (non-hydrogen) atoms. The van der Waals surface area contributed by atoms with Crippen molar-refractivity contribution in [3.8, 4) is 33.4 Å². The van der Waals surface area contributed by atoms with Gasteiger partial charge in [-0.1, -0.05) is 146 Å². The summed E-state index contributed by atoms with van der Waals surface area (Å²) in [6.45, 7) is 0. The highest BCUT2D eigenvalue weighted by atomic mass is 15.1. The van der Waals surface area contributed by atoms with Crippen LogP contribution in [0.25, 0.3) is 44.2 Å². The van der Waals surface area contributed by atoms with Gasteiger partial charge in [-0.3, -0.25) is 0 Å². The number of nitrogens with zero attached hydrogens (tertiary/aromatic N) is 1. The van der Waals surface area contributed by atoms with E-state index in [0.717, 1.165) is 17.1 Å². The van der Waals surface area contributed by atoms with Gasteiger partial charge in [0.05, 0.1) is 5.69 Å². The van der Waals surface area contributed by atoms with E-state index in [1.807, 2.05) is 0 Å². The van der Waals surface area contributed by atoms with Crippen LogP contribution in [0.2, 0.25) is 0 Å². The predicted octanol–water partition coefficient (Wildman–Crippen LogP) is 11.3. The molecule has 7 aromatic rings. The third-order valence-electron chi connectivity index (χ3n) is 7.67. The summed E-state index contributed by atoms with van der Waals surface area (Å²) < 4.78 is 0. The minimum absolute atomic E-state index is 1.12. The fourth-order valence-electron chi connectivity index (χ4n) is 5.78. The zero-order chi connectivity index (χ0) is 27.4. The van der Waals surface area contributed by atoms with E-state index >= 15 is 0 Å². The maximum atomic E-state index is 2.38. The molecule has 0 radical (unpaired) electrons. The van der Waals surface area contributed by atoms with E-state index < -0.39 is 0 Å². The van der Waals surface area contributed by atoms with Crippen molar-refractivity contribution in [1.82, 2.24) is 0 Å². The third-order valence-corrected chi connectivity index (χ3v) is 7.67. The maximum absolute atomic E-state index is 2.38. The summed E-state index contributed by atoms with van der Waals surface area (Å²) in [6, 6.07) is 62.8. The molecule has 0 spiro atoms. The van der Waals surface area contributed by atoms with Crippen LogP contribution in [0.3, 0.4) is 0 Å². The van der Waals surface area contributed by atoms with Gasteiger partial charge in [-0.05, 0) is 68.9 Å². The summed E-state index contributed by atoms with van der Waals surface area (Å²) in [5, 5.41) is 2.51. The van der Waals surface area contributed by atoms with Crippen molar-refractivity contribution in [3.05, 3.63) is 176 Å². The number of hydrogen-bond acceptors (Lipinski definition) is 1. The second kappa shape index (κ2) is 11.0. The van der Waals surface area contributed by atoms with Crippen molar-refractivity contribution >= 4 is 27.8 Å². The number of fused-ring (bicyclic) bond motifs is 1. The zero-order valence-corrected chi connectivity index (χ0v) is 22.7. The number of para-hydroxylation sites is 2. The fraction of sp³-hybridized carbons (Fsp3) is 0. The Labute approximate surface area is 241 Å². The third kappa shape index (κ3) is 4.79. The Hall–Kier alpha value is -5.40. The van der Waals surface area contributed by atoms with Crippen molar-refractivity contribution in [2.45, 2.75) is 0 Å². The van der Waals surface area contributed by atoms with Crippen LogP contribution in [0, 0.1) is 0 Å². The molecule has 0 aliphatic rings. The van der Waals surface area contributed by atoms with Gasteiger partial charge < -0.3 is 4.90 Å². The number of benzene rings is 7. The minimum Gasteiger partial charge on any atom is -0.310 e. The van der Waals surface area contributed by atoms with Crippen molar-refractivity contribution in [2.24, 2.45) is 0 Å². The number of anilines is 3. The van der Waals surface area contributed by atoms with Crippen molar-refractivity contribution < 1.29 is 0 Å². The molecule has 0 amide bonds. The molecule has 0 aromatic heterocycles. The Morgan fingerprint density at radius 2 is 0.854 bits per heavy atom. The monoisotopic (exact) mass is 523 g/mol. The molecule has 0 atom stereocenters. The van der Waals surface area contributed by atoms with Crippen LogP contribution >= 0.6 is 0 Å². The molecule has 0 fully saturated rings. The van der Waals surface area contributed by atoms with Gasteiger partial charge in [-0.25, -0.2) is 0 Å². The topological polar surface area (TPSA) is 3.24 Å². The van der Waals surface area contributed by atoms with Crippen LogP contribution in [0.4, 0.5) is 17.1 Å². The lowest BCUT2D eigenvalue weighted by atomic mass is 9.93. The van der Waals surface area contributed by atoms with Crippen molar-refractivity contribution in [2.75, 3.05) is 4.90 Å². The van der Waals surface area contributed by atoms with E-state index in [4.69, 9.17) is 0 Å². The molecule has 0 aliphatic heterocycles. The Kier molecular flexibility index (Phi) is 6.61. The molecular weight excluding hydrogens is 494 g/mol. The first kappa shape index (κ1) is 24.6. The molecular formula is C40H29N. The van der Waals surface area contributed by atoms with Gasteiger partial charge in [0.2, 0.25) is 0 Å². The van der Waals surface area contributed by atoms with E-state index in [2.05, 4.69) is 181 Å². The largest absolute Gasteiger partial charge is 0.310 e. The lowest BCUT2D eigenvalue weighted by molar-refractivity contribution is 1.28. The molecule has 0 unspecified atom stereocenters. The standard InChI is InChI=1S/C40H29N/c1-3-15-30(16-4-1)36-24-9-10-25-38(36)39-26-11-12-28-40(39)41(33-20-5-2-6-21-33)34-22-13-19-32(29-34)37-27-14-18-31-17-7-8-23-35(31)37/h1-29H. The smallest absolute Gasteiger partial charge is 0.0540 e. The quantitative estimate of drug-likeness (QED) is 0.209. The molecule has 1 nitrogen and oxygen atoms in total. The molecule has 0 aliphatic carbocycles. The highest BCUT2D eigenvalue weighted by molar-refractivity contribution is 5.98. The van der Waals surface area contributed by atoms with Crippen LogP contribution in [0.5, 0.6) is 0 Å². The second-order valence-electron chi connectivity index (χ2n) is 10.2. The van der Waals surface area contributed by atoms with Gasteiger partial charge in [0.1, 0.15) is 0 Å². The molecule has 1 heteroatoms. The number of rotatable bonds is 6. The Bertz CT molecular complexity index is 1930. The summed E-state index contributed by atoms with van der Waals surface area (Å²) in [5.41, 5.74) is 10.6. The van der Waals surface area contributed by atoms with Gasteiger partial charge in [0, 0.05) is 16.9 Å². The van der Waals surface area contributed by atoms with E-state index in [1.54, 1.807) is 0 Å². The molecule has 0 saturated carbocycles. The van der Waals surface area contributed by atoms with Crippen molar-refractivity contribution in [1.29, 1.82) is 0 Å². The summed E-state index contributed by atoms with van der Waals surface area (Å²) in [4.78, 5) is 2.38. The second-order valence-corrected chi connectivity index (χ2v) is 10.2. The molecule has 0 heterocycles. The first-order valence-corrected chi connectivity index (χ1v) is 14.0. The Morgan fingerprint density at radius 1 is 0.317 bits per heavy atom. The van der Waals surface area contributed by atoms with E-state index in [9.17, 15) is 0 Å². The van der Waals surface area contributed by atoms with Crippen LogP contribution in [0.15, 0.2) is 176 Å². The van der Waals surface area contributed by atoms with E-state index in [1.165, 1.54) is 44.2 Å². The van der Waals surface area contributed by atoms with Gasteiger partial charge in [0.15, 0.2) is 0 Å². The Balaban J connectivity index is 1.43. The van der Waals surface area contributed by atoms with Gasteiger partial charge in [-0.2, -0.15) is 0 Å².